The van der Waals surface area contributed by atoms with Crippen LogP contribution in [0, 0.1) is 5.92 Å². The van der Waals surface area contributed by atoms with Gasteiger partial charge in [0.1, 0.15) is 0 Å². The van der Waals surface area contributed by atoms with E-state index >= 15 is 0 Å². The van der Waals surface area contributed by atoms with E-state index in [0.29, 0.717) is 13.0 Å². The van der Waals surface area contributed by atoms with Crippen molar-refractivity contribution in [2.45, 2.75) is 32.2 Å². The summed E-state index contributed by atoms with van der Waals surface area (Å²) in [4.78, 5) is 30.4. The molecule has 0 bridgehead atoms. The number of piperidine rings is 1. The van der Waals surface area contributed by atoms with E-state index in [1.807, 2.05) is 73.8 Å². The molecule has 5 heteroatoms. The van der Waals surface area contributed by atoms with Gasteiger partial charge >= 0.3 is 5.97 Å². The van der Waals surface area contributed by atoms with Gasteiger partial charge in [-0.3, -0.25) is 14.6 Å². The highest BCUT2D eigenvalue weighted by Gasteiger charge is 2.32. The number of hydrogen-bond donors (Lipinski definition) is 1. The van der Waals surface area contributed by atoms with Crippen LogP contribution in [-0.2, 0) is 16.0 Å². The van der Waals surface area contributed by atoms with Crippen molar-refractivity contribution in [3.63, 3.8) is 0 Å². The molecule has 2 atom stereocenters. The zero-order valence-corrected chi connectivity index (χ0v) is 17.6. The minimum absolute atomic E-state index is 0.0138. The molecular formula is C26H26N2O3. The fourth-order valence-electron chi connectivity index (χ4n) is 4.09. The molecule has 0 unspecified atom stereocenters. The average molecular weight is 415 g/mol. The summed E-state index contributed by atoms with van der Waals surface area (Å²) < 4.78 is 0. The number of carboxylic acid groups (broad SMARTS) is 1. The van der Waals surface area contributed by atoms with E-state index in [2.05, 4.69) is 11.1 Å². The first-order chi connectivity index (χ1) is 15.0. The van der Waals surface area contributed by atoms with Crippen LogP contribution in [0.1, 0.15) is 25.3 Å². The lowest BCUT2D eigenvalue weighted by Crippen LogP contribution is -2.47. The molecule has 1 amide bonds. The van der Waals surface area contributed by atoms with E-state index in [0.717, 1.165) is 34.4 Å². The monoisotopic (exact) mass is 414 g/mol. The molecule has 4 rings (SSSR count). The summed E-state index contributed by atoms with van der Waals surface area (Å²) in [6.45, 7) is 2.29. The van der Waals surface area contributed by atoms with Crippen molar-refractivity contribution in [1.29, 1.82) is 0 Å². The Morgan fingerprint density at radius 3 is 2.29 bits per heavy atom. The van der Waals surface area contributed by atoms with Crippen LogP contribution < -0.4 is 0 Å². The molecule has 1 saturated heterocycles. The van der Waals surface area contributed by atoms with Crippen molar-refractivity contribution < 1.29 is 14.7 Å². The SMILES string of the molecule is C[C@H]1CC[C@@H](C(=O)O)CN1C(=O)Cc1ccc(-c2ccc(-c3ccccc3)nc2)cc1. The topological polar surface area (TPSA) is 70.5 Å². The standard InChI is InChI=1S/C26H26N2O3/c1-18-7-10-23(26(30)31)17-28(18)25(29)15-19-8-11-20(12-9-19)22-13-14-24(27-16-22)21-5-3-2-4-6-21/h2-6,8-9,11-14,16,18,23H,7,10,15,17H2,1H3,(H,30,31)/t18-,23+/m0/s1. The summed E-state index contributed by atoms with van der Waals surface area (Å²) in [5.41, 5.74) is 5.00. The second-order valence-corrected chi connectivity index (χ2v) is 8.18. The van der Waals surface area contributed by atoms with E-state index < -0.39 is 11.9 Å². The molecule has 1 aliphatic heterocycles. The molecule has 0 aliphatic carbocycles. The number of benzene rings is 2. The number of aliphatic carboxylic acids is 1. The first-order valence-corrected chi connectivity index (χ1v) is 10.6. The van der Waals surface area contributed by atoms with Crippen LogP contribution >= 0.6 is 0 Å². The minimum Gasteiger partial charge on any atom is -0.481 e. The molecule has 2 aromatic carbocycles. The Morgan fingerprint density at radius 1 is 0.935 bits per heavy atom. The van der Waals surface area contributed by atoms with Gasteiger partial charge in [-0.25, -0.2) is 0 Å². The number of carbonyl (C=O) groups is 2. The Morgan fingerprint density at radius 2 is 1.65 bits per heavy atom. The lowest BCUT2D eigenvalue weighted by molar-refractivity contribution is -0.147. The molecule has 158 valence electrons. The maximum atomic E-state index is 12.8. The van der Waals surface area contributed by atoms with Gasteiger partial charge in [-0.2, -0.15) is 0 Å². The van der Waals surface area contributed by atoms with Crippen molar-refractivity contribution >= 4 is 11.9 Å². The maximum absolute atomic E-state index is 12.8. The molecule has 1 N–H and O–H groups in total. The minimum atomic E-state index is -0.819. The zero-order valence-electron chi connectivity index (χ0n) is 17.6. The third-order valence-corrected chi connectivity index (χ3v) is 6.03. The third-order valence-electron chi connectivity index (χ3n) is 6.03. The Labute approximate surface area is 182 Å². The number of hydrogen-bond acceptors (Lipinski definition) is 3. The van der Waals surface area contributed by atoms with Gasteiger partial charge in [0.15, 0.2) is 0 Å². The molecule has 5 nitrogen and oxygen atoms in total. The van der Waals surface area contributed by atoms with Crippen LogP contribution in [-0.4, -0.2) is 39.5 Å². The highest BCUT2D eigenvalue weighted by atomic mass is 16.4. The van der Waals surface area contributed by atoms with Gasteiger partial charge in [0.25, 0.3) is 0 Å². The third kappa shape index (κ3) is 4.82. The number of carboxylic acids is 1. The van der Waals surface area contributed by atoms with Crippen LogP contribution in [0.3, 0.4) is 0 Å². The van der Waals surface area contributed by atoms with Gasteiger partial charge in [-0.15, -0.1) is 0 Å². The van der Waals surface area contributed by atoms with E-state index in [1.54, 1.807) is 4.90 Å². The number of nitrogens with zero attached hydrogens (tertiary/aromatic N) is 2. The van der Waals surface area contributed by atoms with Crippen LogP contribution in [0.5, 0.6) is 0 Å². The fraction of sp³-hybridized carbons (Fsp3) is 0.269. The van der Waals surface area contributed by atoms with E-state index in [4.69, 9.17) is 0 Å². The van der Waals surface area contributed by atoms with Crippen LogP contribution in [0.2, 0.25) is 0 Å². The van der Waals surface area contributed by atoms with Crippen LogP contribution in [0.4, 0.5) is 0 Å². The second-order valence-electron chi connectivity index (χ2n) is 8.18. The first-order valence-electron chi connectivity index (χ1n) is 10.6. The molecule has 1 aromatic heterocycles. The van der Waals surface area contributed by atoms with Crippen molar-refractivity contribution in [3.8, 4) is 22.4 Å². The predicted molar refractivity (Wildman–Crippen MR) is 120 cm³/mol. The van der Waals surface area contributed by atoms with Gasteiger partial charge in [0, 0.05) is 29.9 Å². The predicted octanol–water partition coefficient (Wildman–Crippen LogP) is 4.67. The molecule has 0 spiro atoms. The Balaban J connectivity index is 1.42. The smallest absolute Gasteiger partial charge is 0.308 e. The Hall–Kier alpha value is -3.47. The molecule has 2 heterocycles. The van der Waals surface area contributed by atoms with Gasteiger partial charge in [0.05, 0.1) is 18.0 Å². The van der Waals surface area contributed by atoms with E-state index in [9.17, 15) is 14.7 Å². The molecule has 0 radical (unpaired) electrons. The number of carbonyl (C=O) groups excluding carboxylic acids is 1. The largest absolute Gasteiger partial charge is 0.481 e. The molecule has 1 aliphatic rings. The van der Waals surface area contributed by atoms with Gasteiger partial charge in [-0.1, -0.05) is 60.7 Å². The highest BCUT2D eigenvalue weighted by molar-refractivity contribution is 5.80. The van der Waals surface area contributed by atoms with Crippen molar-refractivity contribution in [2.24, 2.45) is 5.92 Å². The van der Waals surface area contributed by atoms with Crippen molar-refractivity contribution in [1.82, 2.24) is 9.88 Å². The molecule has 0 saturated carbocycles. The second kappa shape index (κ2) is 9.13. The summed E-state index contributed by atoms with van der Waals surface area (Å²) in [5.74, 6) is -1.30. The zero-order chi connectivity index (χ0) is 21.8. The highest BCUT2D eigenvalue weighted by Crippen LogP contribution is 2.25. The van der Waals surface area contributed by atoms with Crippen LogP contribution in [0.15, 0.2) is 72.9 Å². The molecule has 1 fully saturated rings. The lowest BCUT2D eigenvalue weighted by Gasteiger charge is -2.36. The number of amides is 1. The first kappa shape index (κ1) is 20.8. The summed E-state index contributed by atoms with van der Waals surface area (Å²) in [6.07, 6.45) is 3.51. The average Bonchev–Trinajstić information content (AvgIpc) is 2.80. The molecule has 31 heavy (non-hydrogen) atoms. The van der Waals surface area contributed by atoms with Gasteiger partial charge in [-0.05, 0) is 37.0 Å². The quantitative estimate of drug-likeness (QED) is 0.659. The fourth-order valence-corrected chi connectivity index (χ4v) is 4.09. The summed E-state index contributed by atoms with van der Waals surface area (Å²) in [6, 6.07) is 22.1. The normalized spacial score (nSPS) is 18.5. The van der Waals surface area contributed by atoms with Crippen molar-refractivity contribution in [2.75, 3.05) is 6.54 Å². The van der Waals surface area contributed by atoms with E-state index in [-0.39, 0.29) is 18.4 Å². The number of likely N-dealkylation sites (tertiary alicyclic amines) is 1. The molecule has 3 aromatic rings. The number of rotatable bonds is 5. The maximum Gasteiger partial charge on any atom is 0.308 e. The number of aromatic nitrogens is 1. The van der Waals surface area contributed by atoms with Gasteiger partial charge in [0.2, 0.25) is 5.91 Å². The summed E-state index contributed by atoms with van der Waals surface area (Å²) in [5, 5.41) is 9.29. The van der Waals surface area contributed by atoms with Crippen molar-refractivity contribution in [3.05, 3.63) is 78.5 Å². The lowest BCUT2D eigenvalue weighted by atomic mass is 9.93. The number of pyridine rings is 1. The van der Waals surface area contributed by atoms with Crippen LogP contribution in [0.25, 0.3) is 22.4 Å². The Kier molecular flexibility index (Phi) is 6.12. The summed E-state index contributed by atoms with van der Waals surface area (Å²) in [7, 11) is 0. The van der Waals surface area contributed by atoms with E-state index in [1.165, 1.54) is 0 Å². The Bertz CT molecular complexity index is 1050. The van der Waals surface area contributed by atoms with Gasteiger partial charge < -0.3 is 10.0 Å². The summed E-state index contributed by atoms with van der Waals surface area (Å²) >= 11 is 0. The molecular weight excluding hydrogens is 388 g/mol.